The van der Waals surface area contributed by atoms with E-state index in [1.165, 1.54) is 19.3 Å². The second-order valence-corrected chi connectivity index (χ2v) is 7.33. The number of rotatable bonds is 4. The molecule has 1 fully saturated rings. The molecule has 0 saturated heterocycles. The van der Waals surface area contributed by atoms with E-state index in [0.717, 1.165) is 24.8 Å². The number of hydrogen-bond donors (Lipinski definition) is 2. The minimum absolute atomic E-state index is 0.209. The van der Waals surface area contributed by atoms with Crippen molar-refractivity contribution in [3.05, 3.63) is 0 Å². The summed E-state index contributed by atoms with van der Waals surface area (Å²) in [5.41, 5.74) is 0.215. The van der Waals surface area contributed by atoms with Gasteiger partial charge in [-0.25, -0.2) is 0 Å². The fraction of sp³-hybridized carbons (Fsp3) is 1.00. The lowest BCUT2D eigenvalue weighted by Crippen LogP contribution is -2.43. The molecule has 4 unspecified atom stereocenters. The summed E-state index contributed by atoms with van der Waals surface area (Å²) < 4.78 is 0. The molecule has 0 radical (unpaired) electrons. The van der Waals surface area contributed by atoms with Gasteiger partial charge in [0.05, 0.1) is 6.10 Å². The normalized spacial score (nSPS) is 32.5. The summed E-state index contributed by atoms with van der Waals surface area (Å²) in [6.07, 6.45) is 4.62. The Bertz CT molecular complexity index is 221. The van der Waals surface area contributed by atoms with Gasteiger partial charge in [-0.1, -0.05) is 41.0 Å². The van der Waals surface area contributed by atoms with Gasteiger partial charge < -0.3 is 10.4 Å². The van der Waals surface area contributed by atoms with Crippen LogP contribution in [0.1, 0.15) is 60.3 Å². The van der Waals surface area contributed by atoms with E-state index in [2.05, 4.69) is 39.9 Å². The number of aliphatic hydroxyl groups excluding tert-OH is 1. The summed E-state index contributed by atoms with van der Waals surface area (Å²) in [7, 11) is 0. The maximum atomic E-state index is 10.0. The predicted octanol–water partition coefficient (Wildman–Crippen LogP) is 3.20. The van der Waals surface area contributed by atoms with Crippen LogP contribution in [-0.2, 0) is 0 Å². The van der Waals surface area contributed by atoms with Gasteiger partial charge in [-0.3, -0.25) is 0 Å². The van der Waals surface area contributed by atoms with E-state index in [1.807, 2.05) is 0 Å². The summed E-state index contributed by atoms with van der Waals surface area (Å²) in [6, 6.07) is 0.605. The molecule has 1 rings (SSSR count). The van der Waals surface area contributed by atoms with E-state index in [4.69, 9.17) is 0 Å². The Hall–Kier alpha value is -0.0800. The van der Waals surface area contributed by atoms with E-state index in [0.29, 0.717) is 6.04 Å². The van der Waals surface area contributed by atoms with Crippen LogP contribution in [-0.4, -0.2) is 23.8 Å². The van der Waals surface area contributed by atoms with Crippen LogP contribution >= 0.6 is 0 Å². The summed E-state index contributed by atoms with van der Waals surface area (Å²) in [5.74, 6) is 1.59. The SMILES string of the molecule is CC1CCC(C)C(NCC(O)CC(C)(C)C)C1. The molecule has 17 heavy (non-hydrogen) atoms. The lowest BCUT2D eigenvalue weighted by atomic mass is 9.80. The number of nitrogens with one attached hydrogen (secondary N) is 1. The van der Waals surface area contributed by atoms with Gasteiger partial charge in [0.25, 0.3) is 0 Å². The van der Waals surface area contributed by atoms with Crippen LogP contribution < -0.4 is 5.32 Å². The minimum atomic E-state index is -0.209. The first-order valence-electron chi connectivity index (χ1n) is 7.19. The molecule has 2 nitrogen and oxygen atoms in total. The van der Waals surface area contributed by atoms with Crippen LogP contribution in [0.15, 0.2) is 0 Å². The summed E-state index contributed by atoms with van der Waals surface area (Å²) >= 11 is 0. The van der Waals surface area contributed by atoms with E-state index >= 15 is 0 Å². The highest BCUT2D eigenvalue weighted by molar-refractivity contribution is 4.82. The molecule has 0 aromatic carbocycles. The van der Waals surface area contributed by atoms with Gasteiger partial charge in [0.1, 0.15) is 0 Å². The largest absolute Gasteiger partial charge is 0.392 e. The molecule has 102 valence electrons. The van der Waals surface area contributed by atoms with Crippen molar-refractivity contribution in [3.63, 3.8) is 0 Å². The van der Waals surface area contributed by atoms with Crippen LogP contribution in [0, 0.1) is 17.3 Å². The Labute approximate surface area is 107 Å². The molecule has 1 aliphatic rings. The third-order valence-electron chi connectivity index (χ3n) is 3.92. The first-order chi connectivity index (χ1) is 7.78. The van der Waals surface area contributed by atoms with E-state index in [1.54, 1.807) is 0 Å². The maximum absolute atomic E-state index is 10.0. The van der Waals surface area contributed by atoms with Crippen LogP contribution in [0.2, 0.25) is 0 Å². The molecule has 0 aromatic rings. The maximum Gasteiger partial charge on any atom is 0.0669 e. The molecule has 0 aliphatic heterocycles. The monoisotopic (exact) mass is 241 g/mol. The van der Waals surface area contributed by atoms with Gasteiger partial charge in [-0.15, -0.1) is 0 Å². The lowest BCUT2D eigenvalue weighted by Gasteiger charge is -2.34. The molecule has 1 saturated carbocycles. The minimum Gasteiger partial charge on any atom is -0.392 e. The molecule has 2 heteroatoms. The Morgan fingerprint density at radius 1 is 1.24 bits per heavy atom. The number of aliphatic hydroxyl groups is 1. The van der Waals surface area contributed by atoms with Crippen molar-refractivity contribution in [1.82, 2.24) is 5.32 Å². The zero-order valence-electron chi connectivity index (χ0n) is 12.3. The second-order valence-electron chi connectivity index (χ2n) is 7.33. The van der Waals surface area contributed by atoms with E-state index in [-0.39, 0.29) is 11.5 Å². The Balaban J connectivity index is 2.29. The highest BCUT2D eigenvalue weighted by atomic mass is 16.3. The van der Waals surface area contributed by atoms with Crippen molar-refractivity contribution < 1.29 is 5.11 Å². The van der Waals surface area contributed by atoms with Gasteiger partial charge in [-0.05, 0) is 36.5 Å². The van der Waals surface area contributed by atoms with Crippen molar-refractivity contribution in [2.24, 2.45) is 17.3 Å². The molecule has 0 bridgehead atoms. The Morgan fingerprint density at radius 3 is 2.47 bits per heavy atom. The summed E-state index contributed by atoms with van der Waals surface area (Å²) in [5, 5.41) is 13.6. The highest BCUT2D eigenvalue weighted by Crippen LogP contribution is 2.28. The van der Waals surface area contributed by atoms with E-state index in [9.17, 15) is 5.11 Å². The van der Waals surface area contributed by atoms with Crippen LogP contribution in [0.3, 0.4) is 0 Å². The summed E-state index contributed by atoms with van der Waals surface area (Å²) in [4.78, 5) is 0. The highest BCUT2D eigenvalue weighted by Gasteiger charge is 2.26. The summed E-state index contributed by atoms with van der Waals surface area (Å²) in [6.45, 7) is 12.0. The number of hydrogen-bond acceptors (Lipinski definition) is 2. The zero-order chi connectivity index (χ0) is 13.1. The molecule has 0 amide bonds. The predicted molar refractivity (Wildman–Crippen MR) is 74.0 cm³/mol. The first-order valence-corrected chi connectivity index (χ1v) is 7.19. The van der Waals surface area contributed by atoms with Crippen molar-refractivity contribution in [1.29, 1.82) is 0 Å². The van der Waals surface area contributed by atoms with Gasteiger partial charge in [0, 0.05) is 12.6 Å². The molecule has 0 heterocycles. The molecular weight excluding hydrogens is 210 g/mol. The fourth-order valence-electron chi connectivity index (χ4n) is 2.88. The smallest absolute Gasteiger partial charge is 0.0669 e. The zero-order valence-corrected chi connectivity index (χ0v) is 12.3. The quantitative estimate of drug-likeness (QED) is 0.792. The standard InChI is InChI=1S/C15H31NO/c1-11-6-7-12(2)14(8-11)16-10-13(17)9-15(3,4)5/h11-14,16-17H,6-10H2,1-5H3. The van der Waals surface area contributed by atoms with Crippen LogP contribution in [0.4, 0.5) is 0 Å². The van der Waals surface area contributed by atoms with Gasteiger partial charge in [0.2, 0.25) is 0 Å². The van der Waals surface area contributed by atoms with Gasteiger partial charge in [0.15, 0.2) is 0 Å². The van der Waals surface area contributed by atoms with Gasteiger partial charge >= 0.3 is 0 Å². The lowest BCUT2D eigenvalue weighted by molar-refractivity contribution is 0.107. The van der Waals surface area contributed by atoms with Crippen molar-refractivity contribution in [2.75, 3.05) is 6.54 Å². The average molecular weight is 241 g/mol. The van der Waals surface area contributed by atoms with Crippen LogP contribution in [0.25, 0.3) is 0 Å². The fourth-order valence-corrected chi connectivity index (χ4v) is 2.88. The third-order valence-corrected chi connectivity index (χ3v) is 3.92. The van der Waals surface area contributed by atoms with Crippen LogP contribution in [0.5, 0.6) is 0 Å². The van der Waals surface area contributed by atoms with E-state index < -0.39 is 0 Å². The third kappa shape index (κ3) is 5.87. The van der Waals surface area contributed by atoms with Crippen molar-refractivity contribution in [3.8, 4) is 0 Å². The molecule has 0 aromatic heterocycles. The second kappa shape index (κ2) is 6.19. The van der Waals surface area contributed by atoms with Crippen molar-refractivity contribution in [2.45, 2.75) is 72.4 Å². The Morgan fingerprint density at radius 2 is 1.88 bits per heavy atom. The molecule has 2 N–H and O–H groups in total. The van der Waals surface area contributed by atoms with Gasteiger partial charge in [-0.2, -0.15) is 0 Å². The molecular formula is C15H31NO. The topological polar surface area (TPSA) is 32.3 Å². The van der Waals surface area contributed by atoms with Crippen molar-refractivity contribution >= 4 is 0 Å². The molecule has 1 aliphatic carbocycles. The molecule has 4 atom stereocenters. The Kier molecular flexibility index (Phi) is 5.46. The molecule has 0 spiro atoms. The average Bonchev–Trinajstić information content (AvgIpc) is 2.17. The first kappa shape index (κ1) is 15.0.